The highest BCUT2D eigenvalue weighted by atomic mass is 79.9. The fourth-order valence-electron chi connectivity index (χ4n) is 1.59. The van der Waals surface area contributed by atoms with Crippen molar-refractivity contribution in [3.63, 3.8) is 0 Å². The molecule has 0 aliphatic heterocycles. The number of nitrogens with one attached hydrogen (secondary N) is 2. The van der Waals surface area contributed by atoms with Gasteiger partial charge in [0, 0.05) is 12.6 Å². The zero-order chi connectivity index (χ0) is 15.2. The standard InChI is InChI=1S/C12H19BrN2O4S.ClH/c1-14-5-4-6-15-20(16,17)12-7-9(13)10(18-2)8-11(12)19-3;/h7-8,14-15H,4-6H2,1-3H3;1H. The number of ether oxygens (including phenoxy) is 2. The molecule has 1 rings (SSSR count). The lowest BCUT2D eigenvalue weighted by molar-refractivity contribution is 0.384. The Morgan fingerprint density at radius 2 is 1.76 bits per heavy atom. The maximum Gasteiger partial charge on any atom is 0.244 e. The summed E-state index contributed by atoms with van der Waals surface area (Å²) in [5.41, 5.74) is 0. The van der Waals surface area contributed by atoms with Crippen molar-refractivity contribution in [1.82, 2.24) is 10.0 Å². The summed E-state index contributed by atoms with van der Waals surface area (Å²) in [6, 6.07) is 3.00. The number of sulfonamides is 1. The Kier molecular flexibility index (Phi) is 9.23. The van der Waals surface area contributed by atoms with Gasteiger partial charge in [-0.15, -0.1) is 12.4 Å². The molecule has 21 heavy (non-hydrogen) atoms. The van der Waals surface area contributed by atoms with Crippen LogP contribution in [0.3, 0.4) is 0 Å². The predicted molar refractivity (Wildman–Crippen MR) is 88.2 cm³/mol. The Bertz CT molecular complexity index is 554. The van der Waals surface area contributed by atoms with Crippen molar-refractivity contribution in [2.75, 3.05) is 34.4 Å². The summed E-state index contributed by atoms with van der Waals surface area (Å²) >= 11 is 3.27. The molecule has 9 heteroatoms. The number of hydrogen-bond acceptors (Lipinski definition) is 5. The largest absolute Gasteiger partial charge is 0.495 e. The molecule has 0 saturated carbocycles. The van der Waals surface area contributed by atoms with Gasteiger partial charge in [-0.3, -0.25) is 0 Å². The SMILES string of the molecule is CNCCCNS(=O)(=O)c1cc(Br)c(OC)cc1OC.Cl. The fraction of sp³-hybridized carbons (Fsp3) is 0.500. The molecule has 0 aliphatic rings. The van der Waals surface area contributed by atoms with Gasteiger partial charge in [0.05, 0.1) is 18.7 Å². The first-order valence-corrected chi connectivity index (χ1v) is 8.29. The van der Waals surface area contributed by atoms with Crippen LogP contribution in [0, 0.1) is 0 Å². The molecule has 0 heterocycles. The second kappa shape index (κ2) is 9.47. The molecule has 1 aromatic carbocycles. The van der Waals surface area contributed by atoms with Gasteiger partial charge in [0.25, 0.3) is 0 Å². The maximum atomic E-state index is 12.3. The summed E-state index contributed by atoms with van der Waals surface area (Å²) in [6.45, 7) is 1.10. The third-order valence-electron chi connectivity index (χ3n) is 2.62. The van der Waals surface area contributed by atoms with Crippen LogP contribution in [0.25, 0.3) is 0 Å². The molecule has 0 fully saturated rings. The monoisotopic (exact) mass is 402 g/mol. The minimum Gasteiger partial charge on any atom is -0.495 e. The van der Waals surface area contributed by atoms with Gasteiger partial charge in [0.2, 0.25) is 10.0 Å². The molecule has 0 aliphatic carbocycles. The Morgan fingerprint density at radius 3 is 2.29 bits per heavy atom. The van der Waals surface area contributed by atoms with Crippen molar-refractivity contribution < 1.29 is 17.9 Å². The van der Waals surface area contributed by atoms with Crippen LogP contribution < -0.4 is 19.5 Å². The molecule has 2 N–H and O–H groups in total. The lowest BCUT2D eigenvalue weighted by atomic mass is 10.3. The molecule has 0 aromatic heterocycles. The van der Waals surface area contributed by atoms with Gasteiger partial charge in [0.1, 0.15) is 16.4 Å². The van der Waals surface area contributed by atoms with E-state index in [-0.39, 0.29) is 23.1 Å². The fourth-order valence-corrected chi connectivity index (χ4v) is 3.50. The van der Waals surface area contributed by atoms with Crippen molar-refractivity contribution in [2.45, 2.75) is 11.3 Å². The van der Waals surface area contributed by atoms with Gasteiger partial charge in [-0.05, 0) is 42.0 Å². The van der Waals surface area contributed by atoms with Crippen LogP contribution in [0.5, 0.6) is 11.5 Å². The molecule has 0 amide bonds. The molecule has 0 bridgehead atoms. The van der Waals surface area contributed by atoms with E-state index in [9.17, 15) is 8.42 Å². The van der Waals surface area contributed by atoms with E-state index in [1.807, 2.05) is 7.05 Å². The van der Waals surface area contributed by atoms with E-state index in [2.05, 4.69) is 26.0 Å². The molecule has 1 aromatic rings. The third-order valence-corrected chi connectivity index (χ3v) is 4.73. The highest BCUT2D eigenvalue weighted by Crippen LogP contribution is 2.35. The summed E-state index contributed by atoms with van der Waals surface area (Å²) in [5.74, 6) is 0.752. The third kappa shape index (κ3) is 5.63. The first kappa shape index (κ1) is 20.5. The van der Waals surface area contributed by atoms with Gasteiger partial charge in [-0.2, -0.15) is 0 Å². The van der Waals surface area contributed by atoms with Gasteiger partial charge >= 0.3 is 0 Å². The number of methoxy groups -OCH3 is 2. The average molecular weight is 404 g/mol. The van der Waals surface area contributed by atoms with Crippen molar-refractivity contribution >= 4 is 38.4 Å². The number of hydrogen-bond donors (Lipinski definition) is 2. The van der Waals surface area contributed by atoms with E-state index in [0.717, 1.165) is 6.54 Å². The molecule has 0 spiro atoms. The molecule has 0 radical (unpaired) electrons. The smallest absolute Gasteiger partial charge is 0.244 e. The predicted octanol–water partition coefficient (Wildman–Crippen LogP) is 1.78. The van der Waals surface area contributed by atoms with Crippen LogP contribution in [0.1, 0.15) is 6.42 Å². The average Bonchev–Trinajstić information content (AvgIpc) is 2.43. The molecule has 0 unspecified atom stereocenters. The number of halogens is 2. The van der Waals surface area contributed by atoms with E-state index >= 15 is 0 Å². The topological polar surface area (TPSA) is 76.7 Å². The molecular weight excluding hydrogens is 384 g/mol. The van der Waals surface area contributed by atoms with Gasteiger partial charge in [-0.1, -0.05) is 0 Å². The first-order valence-electron chi connectivity index (χ1n) is 6.02. The second-order valence-corrected chi connectivity index (χ2v) is 6.58. The number of rotatable bonds is 8. The van der Waals surface area contributed by atoms with Crippen LogP contribution in [-0.4, -0.2) is 42.8 Å². The van der Waals surface area contributed by atoms with Gasteiger partial charge in [0.15, 0.2) is 0 Å². The van der Waals surface area contributed by atoms with E-state index in [1.54, 1.807) is 0 Å². The summed E-state index contributed by atoms with van der Waals surface area (Å²) in [7, 11) is 1.12. The second-order valence-electron chi connectivity index (χ2n) is 3.99. The van der Waals surface area contributed by atoms with Crippen LogP contribution >= 0.6 is 28.3 Å². The minimum absolute atomic E-state index is 0. The van der Waals surface area contributed by atoms with E-state index in [0.29, 0.717) is 23.2 Å². The van der Waals surface area contributed by atoms with Gasteiger partial charge in [-0.25, -0.2) is 13.1 Å². The van der Waals surface area contributed by atoms with Crippen LogP contribution in [-0.2, 0) is 10.0 Å². The molecule has 0 atom stereocenters. The van der Waals surface area contributed by atoms with E-state index < -0.39 is 10.0 Å². The lowest BCUT2D eigenvalue weighted by Gasteiger charge is -2.13. The van der Waals surface area contributed by atoms with E-state index in [4.69, 9.17) is 9.47 Å². The Balaban J connectivity index is 0.00000400. The summed E-state index contributed by atoms with van der Waals surface area (Å²) in [5, 5.41) is 2.96. The van der Waals surface area contributed by atoms with E-state index in [1.165, 1.54) is 26.4 Å². The Hall–Kier alpha value is -0.540. The maximum absolute atomic E-state index is 12.3. The molecular formula is C12H20BrClN2O4S. The van der Waals surface area contributed by atoms with Crippen molar-refractivity contribution in [3.8, 4) is 11.5 Å². The first-order chi connectivity index (χ1) is 9.46. The summed E-state index contributed by atoms with van der Waals surface area (Å²) in [4.78, 5) is 0.0807. The normalized spacial score (nSPS) is 10.9. The quantitative estimate of drug-likeness (QED) is 0.647. The van der Waals surface area contributed by atoms with Crippen LogP contribution in [0.15, 0.2) is 21.5 Å². The van der Waals surface area contributed by atoms with Crippen molar-refractivity contribution in [3.05, 3.63) is 16.6 Å². The summed E-state index contributed by atoms with van der Waals surface area (Å²) < 4.78 is 37.8. The summed E-state index contributed by atoms with van der Waals surface area (Å²) in [6.07, 6.45) is 0.704. The number of benzene rings is 1. The highest BCUT2D eigenvalue weighted by molar-refractivity contribution is 9.10. The van der Waals surface area contributed by atoms with Gasteiger partial charge < -0.3 is 14.8 Å². The van der Waals surface area contributed by atoms with Crippen molar-refractivity contribution in [2.24, 2.45) is 0 Å². The lowest BCUT2D eigenvalue weighted by Crippen LogP contribution is -2.27. The molecule has 122 valence electrons. The van der Waals surface area contributed by atoms with Crippen LogP contribution in [0.4, 0.5) is 0 Å². The van der Waals surface area contributed by atoms with Crippen molar-refractivity contribution in [1.29, 1.82) is 0 Å². The van der Waals surface area contributed by atoms with Crippen LogP contribution in [0.2, 0.25) is 0 Å². The highest BCUT2D eigenvalue weighted by Gasteiger charge is 2.21. The Labute approximate surface area is 140 Å². The zero-order valence-electron chi connectivity index (χ0n) is 12.1. The Morgan fingerprint density at radius 1 is 1.14 bits per heavy atom. The minimum atomic E-state index is -3.62. The zero-order valence-corrected chi connectivity index (χ0v) is 15.3. The molecule has 0 saturated heterocycles. The molecule has 6 nitrogen and oxygen atoms in total.